The van der Waals surface area contributed by atoms with Crippen LogP contribution in [0.3, 0.4) is 0 Å². The Hall–Kier alpha value is -2.89. The molecule has 0 aliphatic carbocycles. The van der Waals surface area contributed by atoms with E-state index in [4.69, 9.17) is 28.6 Å². The number of nitrogens with one attached hydrogen (secondary N) is 3. The molecule has 130 valence electrons. The standard InChI is InChI=1S/C19H14Cl2N4O/c20-12-6-8-14(9-7-12)25-19(26)16-11-23-18(15(10-22)17(16)21)24-13-4-2-1-3-5-13/h1-11,22H,(H,23,24)(H,25,26). The largest absolute Gasteiger partial charge is 0.340 e. The lowest BCUT2D eigenvalue weighted by molar-refractivity contribution is 0.102. The third-order valence-electron chi connectivity index (χ3n) is 3.58. The molecule has 1 amide bonds. The number of pyridine rings is 1. The summed E-state index contributed by atoms with van der Waals surface area (Å²) in [7, 11) is 0. The molecule has 3 N–H and O–H groups in total. The summed E-state index contributed by atoms with van der Waals surface area (Å²) < 4.78 is 0. The van der Waals surface area contributed by atoms with E-state index >= 15 is 0 Å². The second-order valence-electron chi connectivity index (χ2n) is 5.34. The Morgan fingerprint density at radius 2 is 1.69 bits per heavy atom. The van der Waals surface area contributed by atoms with Crippen molar-refractivity contribution >= 4 is 52.5 Å². The van der Waals surface area contributed by atoms with Crippen molar-refractivity contribution in [3.05, 3.63) is 82.0 Å². The van der Waals surface area contributed by atoms with Gasteiger partial charge in [-0.15, -0.1) is 0 Å². The number of benzene rings is 2. The van der Waals surface area contributed by atoms with Gasteiger partial charge < -0.3 is 16.0 Å². The first-order valence-corrected chi connectivity index (χ1v) is 8.42. The Morgan fingerprint density at radius 1 is 1.00 bits per heavy atom. The molecule has 0 aliphatic heterocycles. The molecule has 0 fully saturated rings. The van der Waals surface area contributed by atoms with Crippen LogP contribution in [0.1, 0.15) is 15.9 Å². The number of halogens is 2. The molecule has 0 spiro atoms. The summed E-state index contributed by atoms with van der Waals surface area (Å²) in [6.45, 7) is 0. The summed E-state index contributed by atoms with van der Waals surface area (Å²) in [6, 6.07) is 16.1. The molecular weight excluding hydrogens is 371 g/mol. The zero-order valence-electron chi connectivity index (χ0n) is 13.5. The third kappa shape index (κ3) is 4.02. The van der Waals surface area contributed by atoms with E-state index in [0.717, 1.165) is 11.9 Å². The molecule has 7 heteroatoms. The first-order valence-electron chi connectivity index (χ1n) is 7.66. The normalized spacial score (nSPS) is 10.2. The van der Waals surface area contributed by atoms with Crippen molar-refractivity contribution in [1.29, 1.82) is 5.41 Å². The van der Waals surface area contributed by atoms with Crippen LogP contribution in [-0.2, 0) is 0 Å². The van der Waals surface area contributed by atoms with Crippen molar-refractivity contribution in [1.82, 2.24) is 4.98 Å². The van der Waals surface area contributed by atoms with Gasteiger partial charge in [0.05, 0.1) is 16.1 Å². The predicted octanol–water partition coefficient (Wildman–Crippen LogP) is 5.38. The maximum atomic E-state index is 12.5. The molecule has 0 atom stereocenters. The minimum Gasteiger partial charge on any atom is -0.340 e. The van der Waals surface area contributed by atoms with Gasteiger partial charge in [-0.25, -0.2) is 4.98 Å². The predicted molar refractivity (Wildman–Crippen MR) is 106 cm³/mol. The number of rotatable bonds is 5. The topological polar surface area (TPSA) is 77.9 Å². The molecule has 5 nitrogen and oxygen atoms in total. The lowest BCUT2D eigenvalue weighted by Crippen LogP contribution is -2.14. The van der Waals surface area contributed by atoms with E-state index in [1.807, 2.05) is 30.3 Å². The van der Waals surface area contributed by atoms with Gasteiger partial charge in [0, 0.05) is 28.8 Å². The fourth-order valence-corrected chi connectivity index (χ4v) is 2.69. The molecular formula is C19H14Cl2N4O. The lowest BCUT2D eigenvalue weighted by Gasteiger charge is -2.13. The van der Waals surface area contributed by atoms with Gasteiger partial charge >= 0.3 is 0 Å². The number of aromatic nitrogens is 1. The molecule has 2 aromatic carbocycles. The highest BCUT2D eigenvalue weighted by atomic mass is 35.5. The number of hydrogen-bond acceptors (Lipinski definition) is 4. The molecule has 0 unspecified atom stereocenters. The second kappa shape index (κ2) is 7.99. The highest BCUT2D eigenvalue weighted by molar-refractivity contribution is 6.37. The summed E-state index contributed by atoms with van der Waals surface area (Å²) in [4.78, 5) is 16.7. The molecule has 0 saturated carbocycles. The van der Waals surface area contributed by atoms with Crippen molar-refractivity contribution in [2.24, 2.45) is 0 Å². The Labute approximate surface area is 160 Å². The first kappa shape index (κ1) is 17.9. The van der Waals surface area contributed by atoms with Crippen LogP contribution in [0.5, 0.6) is 0 Å². The minimum absolute atomic E-state index is 0.153. The van der Waals surface area contributed by atoms with Gasteiger partial charge in [-0.1, -0.05) is 41.4 Å². The van der Waals surface area contributed by atoms with Crippen molar-refractivity contribution in [3.63, 3.8) is 0 Å². The number of para-hydroxylation sites is 1. The zero-order chi connectivity index (χ0) is 18.5. The van der Waals surface area contributed by atoms with Gasteiger partial charge in [-0.3, -0.25) is 4.79 Å². The highest BCUT2D eigenvalue weighted by Gasteiger charge is 2.17. The summed E-state index contributed by atoms with van der Waals surface area (Å²) >= 11 is 12.2. The van der Waals surface area contributed by atoms with Crippen LogP contribution in [0, 0.1) is 5.41 Å². The molecule has 1 heterocycles. The van der Waals surface area contributed by atoms with Crippen LogP contribution in [0.15, 0.2) is 60.8 Å². The maximum absolute atomic E-state index is 12.5. The van der Waals surface area contributed by atoms with E-state index in [1.54, 1.807) is 24.3 Å². The van der Waals surface area contributed by atoms with Crippen LogP contribution in [0.25, 0.3) is 0 Å². The number of amides is 1. The van der Waals surface area contributed by atoms with Gasteiger partial charge in [0.25, 0.3) is 5.91 Å². The quantitative estimate of drug-likeness (QED) is 0.516. The third-order valence-corrected chi connectivity index (χ3v) is 4.24. The van der Waals surface area contributed by atoms with Crippen molar-refractivity contribution in [2.75, 3.05) is 10.6 Å². The minimum atomic E-state index is -0.417. The van der Waals surface area contributed by atoms with E-state index < -0.39 is 5.91 Å². The SMILES string of the molecule is N=Cc1c(Nc2ccccc2)ncc(C(=O)Nc2ccc(Cl)cc2)c1Cl. The summed E-state index contributed by atoms with van der Waals surface area (Å²) in [5, 5.41) is 14.2. The summed E-state index contributed by atoms with van der Waals surface area (Å²) in [6.07, 6.45) is 2.45. The molecule has 3 aromatic rings. The van der Waals surface area contributed by atoms with Gasteiger partial charge in [0.2, 0.25) is 0 Å². The Bertz CT molecular complexity index is 944. The monoisotopic (exact) mass is 384 g/mol. The maximum Gasteiger partial charge on any atom is 0.258 e. The zero-order valence-corrected chi connectivity index (χ0v) is 15.0. The van der Waals surface area contributed by atoms with Crippen LogP contribution in [-0.4, -0.2) is 17.1 Å². The smallest absolute Gasteiger partial charge is 0.258 e. The fourth-order valence-electron chi connectivity index (χ4n) is 2.28. The van der Waals surface area contributed by atoms with Gasteiger partial charge in [-0.05, 0) is 36.4 Å². The van der Waals surface area contributed by atoms with Gasteiger partial charge in [-0.2, -0.15) is 0 Å². The molecule has 0 saturated heterocycles. The number of nitrogens with zero attached hydrogens (tertiary/aromatic N) is 1. The Balaban J connectivity index is 1.87. The molecule has 1 aromatic heterocycles. The van der Waals surface area contributed by atoms with Crippen molar-refractivity contribution in [2.45, 2.75) is 0 Å². The van der Waals surface area contributed by atoms with Crippen molar-refractivity contribution < 1.29 is 4.79 Å². The lowest BCUT2D eigenvalue weighted by atomic mass is 10.1. The van der Waals surface area contributed by atoms with E-state index in [-0.39, 0.29) is 10.6 Å². The van der Waals surface area contributed by atoms with E-state index in [1.165, 1.54) is 6.20 Å². The summed E-state index contributed by atoms with van der Waals surface area (Å²) in [5.74, 6) is -0.0153. The molecule has 0 aliphatic rings. The first-order chi connectivity index (χ1) is 12.6. The fraction of sp³-hybridized carbons (Fsp3) is 0. The molecule has 0 bridgehead atoms. The number of hydrogen-bond donors (Lipinski definition) is 3. The average molecular weight is 385 g/mol. The van der Waals surface area contributed by atoms with Gasteiger partial charge in [0.1, 0.15) is 5.82 Å². The van der Waals surface area contributed by atoms with Gasteiger partial charge in [0.15, 0.2) is 0 Å². The Morgan fingerprint density at radius 3 is 2.35 bits per heavy atom. The van der Waals surface area contributed by atoms with E-state index in [9.17, 15) is 4.79 Å². The molecule has 3 rings (SSSR count). The Kier molecular flexibility index (Phi) is 5.51. The number of carbonyl (C=O) groups is 1. The van der Waals surface area contributed by atoms with E-state index in [0.29, 0.717) is 22.1 Å². The molecule has 0 radical (unpaired) electrons. The van der Waals surface area contributed by atoms with Crippen LogP contribution >= 0.6 is 23.2 Å². The summed E-state index contributed by atoms with van der Waals surface area (Å²) in [5.41, 5.74) is 1.90. The number of carbonyl (C=O) groups excluding carboxylic acids is 1. The molecule has 26 heavy (non-hydrogen) atoms. The van der Waals surface area contributed by atoms with Crippen molar-refractivity contribution in [3.8, 4) is 0 Å². The highest BCUT2D eigenvalue weighted by Crippen LogP contribution is 2.27. The van der Waals surface area contributed by atoms with Crippen LogP contribution in [0.4, 0.5) is 17.2 Å². The van der Waals surface area contributed by atoms with E-state index in [2.05, 4.69) is 15.6 Å². The average Bonchev–Trinajstić information content (AvgIpc) is 2.65. The second-order valence-corrected chi connectivity index (χ2v) is 6.16. The number of anilines is 3. The van der Waals surface area contributed by atoms with Crippen LogP contribution in [0.2, 0.25) is 10.0 Å². The van der Waals surface area contributed by atoms with Crippen LogP contribution < -0.4 is 10.6 Å².